The molecule has 1 unspecified atom stereocenters. The number of aliphatic carboxylic acids is 1. The molecule has 4 N–H and O–H groups in total. The van der Waals surface area contributed by atoms with Gasteiger partial charge >= 0.3 is 5.97 Å². The highest BCUT2D eigenvalue weighted by atomic mass is 16.4. The van der Waals surface area contributed by atoms with E-state index < -0.39 is 5.97 Å². The standard InChI is InChI=1S/C12H24N2O3/c1-2-10(13)9-11(15)14-8-6-4-3-5-7-12(16)17/h10H,2-9,13H2,1H3,(H,14,15)(H,16,17). The van der Waals surface area contributed by atoms with E-state index in [9.17, 15) is 9.59 Å². The van der Waals surface area contributed by atoms with Gasteiger partial charge in [0.2, 0.25) is 5.91 Å². The molecule has 0 fully saturated rings. The second kappa shape index (κ2) is 10.1. The van der Waals surface area contributed by atoms with Crippen LogP contribution in [0.15, 0.2) is 0 Å². The Bertz CT molecular complexity index is 232. The number of carbonyl (C=O) groups is 2. The number of hydrogen-bond donors (Lipinski definition) is 3. The molecule has 0 rings (SSSR count). The van der Waals surface area contributed by atoms with Crippen molar-refractivity contribution in [3.8, 4) is 0 Å². The molecule has 0 aromatic heterocycles. The van der Waals surface area contributed by atoms with Crippen LogP contribution in [-0.4, -0.2) is 29.6 Å². The SMILES string of the molecule is CCC(N)CC(=O)NCCCCCCC(=O)O. The molecule has 1 atom stereocenters. The molecule has 0 spiro atoms. The molecule has 17 heavy (non-hydrogen) atoms. The van der Waals surface area contributed by atoms with Crippen LogP contribution in [0.5, 0.6) is 0 Å². The van der Waals surface area contributed by atoms with Crippen molar-refractivity contribution >= 4 is 11.9 Å². The van der Waals surface area contributed by atoms with Gasteiger partial charge in [0.15, 0.2) is 0 Å². The zero-order chi connectivity index (χ0) is 13.1. The van der Waals surface area contributed by atoms with E-state index in [0.717, 1.165) is 25.7 Å². The normalized spacial score (nSPS) is 12.1. The summed E-state index contributed by atoms with van der Waals surface area (Å²) in [4.78, 5) is 21.6. The summed E-state index contributed by atoms with van der Waals surface area (Å²) in [5.74, 6) is -0.739. The summed E-state index contributed by atoms with van der Waals surface area (Å²) in [5, 5.41) is 11.2. The number of carboxylic acids is 1. The van der Waals surface area contributed by atoms with E-state index in [-0.39, 0.29) is 18.4 Å². The first-order valence-electron chi connectivity index (χ1n) is 6.30. The van der Waals surface area contributed by atoms with Gasteiger partial charge in [0, 0.05) is 25.4 Å². The molecular formula is C12H24N2O3. The van der Waals surface area contributed by atoms with Crippen molar-refractivity contribution in [1.29, 1.82) is 0 Å². The van der Waals surface area contributed by atoms with Crippen LogP contribution >= 0.6 is 0 Å². The van der Waals surface area contributed by atoms with E-state index in [0.29, 0.717) is 19.4 Å². The molecule has 0 aromatic rings. The van der Waals surface area contributed by atoms with Gasteiger partial charge in [0.25, 0.3) is 0 Å². The lowest BCUT2D eigenvalue weighted by Gasteiger charge is -2.09. The van der Waals surface area contributed by atoms with Crippen LogP contribution < -0.4 is 11.1 Å². The van der Waals surface area contributed by atoms with E-state index in [1.165, 1.54) is 0 Å². The van der Waals surface area contributed by atoms with Crippen molar-refractivity contribution in [3.63, 3.8) is 0 Å². The van der Waals surface area contributed by atoms with Gasteiger partial charge in [0.05, 0.1) is 0 Å². The summed E-state index contributed by atoms with van der Waals surface area (Å²) in [5.41, 5.74) is 5.66. The second-order valence-corrected chi connectivity index (χ2v) is 4.28. The molecule has 0 aliphatic rings. The van der Waals surface area contributed by atoms with E-state index >= 15 is 0 Å². The summed E-state index contributed by atoms with van der Waals surface area (Å²) in [6.45, 7) is 2.61. The number of nitrogens with one attached hydrogen (secondary N) is 1. The summed E-state index contributed by atoms with van der Waals surface area (Å²) < 4.78 is 0. The van der Waals surface area contributed by atoms with Crippen molar-refractivity contribution in [2.45, 2.75) is 57.9 Å². The van der Waals surface area contributed by atoms with Crippen molar-refractivity contribution in [2.24, 2.45) is 5.73 Å². The van der Waals surface area contributed by atoms with E-state index in [1.807, 2.05) is 6.92 Å². The number of amides is 1. The molecule has 0 aliphatic carbocycles. The third-order valence-electron chi connectivity index (χ3n) is 2.61. The van der Waals surface area contributed by atoms with Crippen LogP contribution in [0.25, 0.3) is 0 Å². The van der Waals surface area contributed by atoms with Crippen LogP contribution in [0.2, 0.25) is 0 Å². The van der Waals surface area contributed by atoms with Crippen LogP contribution in [0.3, 0.4) is 0 Å². The topological polar surface area (TPSA) is 92.4 Å². The molecule has 0 radical (unpaired) electrons. The van der Waals surface area contributed by atoms with Crippen LogP contribution in [0.4, 0.5) is 0 Å². The third kappa shape index (κ3) is 11.2. The van der Waals surface area contributed by atoms with Gasteiger partial charge in [-0.3, -0.25) is 9.59 Å². The van der Waals surface area contributed by atoms with Crippen molar-refractivity contribution in [3.05, 3.63) is 0 Å². The number of carboxylic acid groups (broad SMARTS) is 1. The zero-order valence-electron chi connectivity index (χ0n) is 10.6. The maximum absolute atomic E-state index is 11.3. The van der Waals surface area contributed by atoms with Gasteiger partial charge in [-0.15, -0.1) is 0 Å². The van der Waals surface area contributed by atoms with E-state index in [4.69, 9.17) is 10.8 Å². The van der Waals surface area contributed by atoms with Gasteiger partial charge in [-0.25, -0.2) is 0 Å². The number of rotatable bonds is 10. The molecular weight excluding hydrogens is 220 g/mol. The largest absolute Gasteiger partial charge is 0.481 e. The molecule has 0 bridgehead atoms. The minimum absolute atomic E-state index is 0.00452. The molecule has 0 heterocycles. The number of unbranched alkanes of at least 4 members (excludes halogenated alkanes) is 3. The molecule has 1 amide bonds. The second-order valence-electron chi connectivity index (χ2n) is 4.28. The number of hydrogen-bond acceptors (Lipinski definition) is 3. The minimum Gasteiger partial charge on any atom is -0.481 e. The Morgan fingerprint density at radius 3 is 2.47 bits per heavy atom. The maximum atomic E-state index is 11.3. The predicted molar refractivity (Wildman–Crippen MR) is 66.6 cm³/mol. The Hall–Kier alpha value is -1.10. The zero-order valence-corrected chi connectivity index (χ0v) is 10.6. The first-order valence-corrected chi connectivity index (χ1v) is 6.30. The lowest BCUT2D eigenvalue weighted by molar-refractivity contribution is -0.137. The fraction of sp³-hybridized carbons (Fsp3) is 0.833. The lowest BCUT2D eigenvalue weighted by atomic mass is 10.1. The first kappa shape index (κ1) is 15.9. The monoisotopic (exact) mass is 244 g/mol. The quantitative estimate of drug-likeness (QED) is 0.504. The Balaban J connectivity index is 3.27. The Morgan fingerprint density at radius 1 is 1.24 bits per heavy atom. The highest BCUT2D eigenvalue weighted by Gasteiger charge is 2.06. The fourth-order valence-corrected chi connectivity index (χ4v) is 1.44. The number of nitrogens with two attached hydrogens (primary N) is 1. The Labute approximate surface area is 103 Å². The van der Waals surface area contributed by atoms with Crippen LogP contribution in [0, 0.1) is 0 Å². The van der Waals surface area contributed by atoms with Gasteiger partial charge in [0.1, 0.15) is 0 Å². The Kier molecular flexibility index (Phi) is 9.43. The lowest BCUT2D eigenvalue weighted by Crippen LogP contribution is -2.31. The minimum atomic E-state index is -0.744. The van der Waals surface area contributed by atoms with Crippen molar-refractivity contribution in [2.75, 3.05) is 6.54 Å². The summed E-state index contributed by atoms with van der Waals surface area (Å²) in [7, 11) is 0. The van der Waals surface area contributed by atoms with E-state index in [1.54, 1.807) is 0 Å². The highest BCUT2D eigenvalue weighted by Crippen LogP contribution is 2.02. The maximum Gasteiger partial charge on any atom is 0.303 e. The average Bonchev–Trinajstić information content (AvgIpc) is 2.27. The van der Waals surface area contributed by atoms with Gasteiger partial charge in [-0.2, -0.15) is 0 Å². The summed E-state index contributed by atoms with van der Waals surface area (Å²) in [6, 6.07) is -0.0504. The first-order chi connectivity index (χ1) is 8.06. The molecule has 0 saturated carbocycles. The van der Waals surface area contributed by atoms with Crippen LogP contribution in [0.1, 0.15) is 51.9 Å². The molecule has 100 valence electrons. The van der Waals surface area contributed by atoms with Crippen LogP contribution in [-0.2, 0) is 9.59 Å². The molecule has 0 aromatic carbocycles. The summed E-state index contributed by atoms with van der Waals surface area (Å²) in [6.07, 6.45) is 4.89. The molecule has 5 heteroatoms. The molecule has 0 saturated heterocycles. The predicted octanol–water partition coefficient (Wildman–Crippen LogP) is 1.27. The summed E-state index contributed by atoms with van der Waals surface area (Å²) >= 11 is 0. The van der Waals surface area contributed by atoms with E-state index in [2.05, 4.69) is 5.32 Å². The van der Waals surface area contributed by atoms with Gasteiger partial charge < -0.3 is 16.2 Å². The molecule has 0 aliphatic heterocycles. The average molecular weight is 244 g/mol. The van der Waals surface area contributed by atoms with Crippen molar-refractivity contribution in [1.82, 2.24) is 5.32 Å². The number of carbonyl (C=O) groups excluding carboxylic acids is 1. The fourth-order valence-electron chi connectivity index (χ4n) is 1.44. The van der Waals surface area contributed by atoms with Crippen molar-refractivity contribution < 1.29 is 14.7 Å². The van der Waals surface area contributed by atoms with Gasteiger partial charge in [-0.1, -0.05) is 19.8 Å². The third-order valence-corrected chi connectivity index (χ3v) is 2.61. The molecule has 5 nitrogen and oxygen atoms in total. The Morgan fingerprint density at radius 2 is 1.88 bits per heavy atom. The van der Waals surface area contributed by atoms with Gasteiger partial charge in [-0.05, 0) is 19.3 Å². The smallest absolute Gasteiger partial charge is 0.303 e. The highest BCUT2D eigenvalue weighted by molar-refractivity contribution is 5.76.